The van der Waals surface area contributed by atoms with E-state index in [9.17, 15) is 30.0 Å². The first-order chi connectivity index (χ1) is 28.8. The molecule has 336 valence electrons. The van der Waals surface area contributed by atoms with Crippen molar-refractivity contribution in [3.63, 3.8) is 0 Å². The SMILES string of the molecule is CC/C=C/C/C=C/C/C=C/C/C=C/C/C=C/CCCC(=O)O[C@@H](COC(=O)CCCCCCCCC/C=C/C/C=C/CCCCC)CO[C@H]1O[C@@H](CO)[C@@H](O)C(O)C1O. The van der Waals surface area contributed by atoms with Gasteiger partial charge in [0.15, 0.2) is 12.4 Å². The summed E-state index contributed by atoms with van der Waals surface area (Å²) in [5.41, 5.74) is 0. The highest BCUT2D eigenvalue weighted by atomic mass is 16.7. The number of aliphatic hydroxyl groups is 4. The molecule has 0 saturated carbocycles. The predicted octanol–water partition coefficient (Wildman–Crippen LogP) is 9.77. The maximum absolute atomic E-state index is 12.8. The Balaban J connectivity index is 2.38. The first-order valence-corrected chi connectivity index (χ1v) is 22.7. The second-order valence-electron chi connectivity index (χ2n) is 15.1. The first-order valence-electron chi connectivity index (χ1n) is 22.7. The van der Waals surface area contributed by atoms with Crippen molar-refractivity contribution in [1.82, 2.24) is 0 Å². The maximum Gasteiger partial charge on any atom is 0.306 e. The van der Waals surface area contributed by atoms with Crippen molar-refractivity contribution in [2.24, 2.45) is 0 Å². The van der Waals surface area contributed by atoms with E-state index in [2.05, 4.69) is 92.8 Å². The van der Waals surface area contributed by atoms with Gasteiger partial charge in [0.1, 0.15) is 31.0 Å². The Kier molecular flexibility index (Phi) is 35.7. The number of ether oxygens (including phenoxy) is 4. The normalized spacial score (nSPS) is 20.8. The van der Waals surface area contributed by atoms with Crippen LogP contribution in [0.5, 0.6) is 0 Å². The molecule has 1 saturated heterocycles. The van der Waals surface area contributed by atoms with E-state index in [-0.39, 0.29) is 26.1 Å². The van der Waals surface area contributed by atoms with E-state index in [1.807, 2.05) is 6.08 Å². The van der Waals surface area contributed by atoms with E-state index < -0.39 is 55.4 Å². The van der Waals surface area contributed by atoms with Crippen molar-refractivity contribution in [3.05, 3.63) is 85.1 Å². The monoisotopic (exact) mass is 829 g/mol. The van der Waals surface area contributed by atoms with Crippen LogP contribution in [0.4, 0.5) is 0 Å². The predicted molar refractivity (Wildman–Crippen MR) is 237 cm³/mol. The third-order valence-corrected chi connectivity index (χ3v) is 9.76. The minimum absolute atomic E-state index is 0.145. The number of carbonyl (C=O) groups is 2. The van der Waals surface area contributed by atoms with Gasteiger partial charge in [0.25, 0.3) is 0 Å². The molecule has 1 aliphatic heterocycles. The molecule has 10 heteroatoms. The van der Waals surface area contributed by atoms with Crippen LogP contribution >= 0.6 is 0 Å². The lowest BCUT2D eigenvalue weighted by molar-refractivity contribution is -0.305. The molecule has 1 rings (SSSR count). The average Bonchev–Trinajstić information content (AvgIpc) is 3.23. The summed E-state index contributed by atoms with van der Waals surface area (Å²) < 4.78 is 22.1. The van der Waals surface area contributed by atoms with Gasteiger partial charge in [0, 0.05) is 12.8 Å². The number of hydrogen-bond acceptors (Lipinski definition) is 10. The lowest BCUT2D eigenvalue weighted by Gasteiger charge is -2.39. The van der Waals surface area contributed by atoms with Gasteiger partial charge in [-0.1, -0.05) is 144 Å². The summed E-state index contributed by atoms with van der Waals surface area (Å²) in [6.45, 7) is 3.20. The number of aliphatic hydroxyl groups excluding tert-OH is 4. The topological polar surface area (TPSA) is 152 Å². The van der Waals surface area contributed by atoms with Crippen LogP contribution in [0.3, 0.4) is 0 Å². The standard InChI is InChI=1S/C49H80O10/c1-3-5-7-9-11-13-15-17-19-21-23-25-27-29-31-33-35-37-44(51)56-40-42(41-57-49-48(55)47(54)46(53)43(39-50)59-49)58-45(52)38-36-34-32-30-28-26-24-22-20-18-16-14-12-10-8-6-4-2/h6,8,11-14,17-20,24,26,30,32,42-43,46-50,53-55H,3-5,7,9-10,15-16,21-23,25,27-29,31,33-41H2,1-2H3/b8-6+,13-11+,14-12+,19-17+,20-18+,26-24+,32-30+/t42-,43-,46+,47?,48?,49-/m0/s1. The molecule has 0 radical (unpaired) electrons. The number of carbonyl (C=O) groups excluding carboxylic acids is 2. The lowest BCUT2D eigenvalue weighted by Crippen LogP contribution is -2.59. The summed E-state index contributed by atoms with van der Waals surface area (Å²) >= 11 is 0. The van der Waals surface area contributed by atoms with Crippen LogP contribution in [0, 0.1) is 0 Å². The van der Waals surface area contributed by atoms with Gasteiger partial charge in [0.2, 0.25) is 0 Å². The molecule has 0 aliphatic carbocycles. The highest BCUT2D eigenvalue weighted by Crippen LogP contribution is 2.22. The van der Waals surface area contributed by atoms with Gasteiger partial charge >= 0.3 is 11.9 Å². The summed E-state index contributed by atoms with van der Waals surface area (Å²) in [5.74, 6) is -0.892. The third kappa shape index (κ3) is 30.5. The lowest BCUT2D eigenvalue weighted by atomic mass is 9.99. The molecule has 1 fully saturated rings. The number of rotatable bonds is 36. The zero-order valence-electron chi connectivity index (χ0n) is 36.5. The largest absolute Gasteiger partial charge is 0.462 e. The highest BCUT2D eigenvalue weighted by molar-refractivity contribution is 5.70. The smallest absolute Gasteiger partial charge is 0.306 e. The Hall–Kier alpha value is -3.12. The zero-order chi connectivity index (χ0) is 43.0. The van der Waals surface area contributed by atoms with Crippen LogP contribution in [-0.2, 0) is 28.5 Å². The Bertz CT molecular complexity index is 1230. The van der Waals surface area contributed by atoms with Crippen LogP contribution in [0.25, 0.3) is 0 Å². The van der Waals surface area contributed by atoms with Crippen molar-refractivity contribution in [3.8, 4) is 0 Å². The summed E-state index contributed by atoms with van der Waals surface area (Å²) in [6.07, 6.45) is 43.0. The molecule has 0 aromatic rings. The van der Waals surface area contributed by atoms with Gasteiger partial charge in [-0.05, 0) is 83.5 Å². The highest BCUT2D eigenvalue weighted by Gasteiger charge is 2.44. The van der Waals surface area contributed by atoms with E-state index in [1.54, 1.807) is 0 Å². The van der Waals surface area contributed by atoms with Gasteiger partial charge in [0.05, 0.1) is 13.2 Å². The molecule has 1 aliphatic rings. The van der Waals surface area contributed by atoms with Crippen molar-refractivity contribution < 1.29 is 49.0 Å². The zero-order valence-corrected chi connectivity index (χ0v) is 36.5. The number of unbranched alkanes of at least 4 members (excludes halogenated alkanes) is 11. The fourth-order valence-corrected chi connectivity index (χ4v) is 6.19. The van der Waals surface area contributed by atoms with Gasteiger partial charge < -0.3 is 39.4 Å². The molecular weight excluding hydrogens is 749 g/mol. The Labute approximate surface area is 356 Å². The van der Waals surface area contributed by atoms with Crippen LogP contribution < -0.4 is 0 Å². The fourth-order valence-electron chi connectivity index (χ4n) is 6.19. The van der Waals surface area contributed by atoms with E-state index in [0.29, 0.717) is 19.3 Å². The maximum atomic E-state index is 12.8. The van der Waals surface area contributed by atoms with Crippen molar-refractivity contribution >= 4 is 11.9 Å². The van der Waals surface area contributed by atoms with Crippen molar-refractivity contribution in [2.75, 3.05) is 19.8 Å². The summed E-state index contributed by atoms with van der Waals surface area (Å²) in [5, 5.41) is 40.1. The van der Waals surface area contributed by atoms with Crippen LogP contribution in [0.1, 0.15) is 155 Å². The van der Waals surface area contributed by atoms with E-state index in [1.165, 1.54) is 44.9 Å². The molecule has 59 heavy (non-hydrogen) atoms. The molecule has 1 heterocycles. The van der Waals surface area contributed by atoms with Crippen LogP contribution in [-0.4, -0.2) is 89.0 Å². The molecule has 10 nitrogen and oxygen atoms in total. The summed E-state index contributed by atoms with van der Waals surface area (Å²) in [4.78, 5) is 25.3. The first kappa shape index (κ1) is 53.9. The minimum atomic E-state index is -1.61. The molecular formula is C49H80O10. The van der Waals surface area contributed by atoms with Gasteiger partial charge in [-0.3, -0.25) is 9.59 Å². The summed E-state index contributed by atoms with van der Waals surface area (Å²) in [7, 11) is 0. The van der Waals surface area contributed by atoms with Gasteiger partial charge in [-0.15, -0.1) is 0 Å². The Morgan fingerprint density at radius 2 is 1.02 bits per heavy atom. The Morgan fingerprint density at radius 1 is 0.542 bits per heavy atom. The van der Waals surface area contributed by atoms with Crippen molar-refractivity contribution in [1.29, 1.82) is 0 Å². The molecule has 2 unspecified atom stereocenters. The molecule has 0 amide bonds. The number of hydrogen-bond donors (Lipinski definition) is 4. The average molecular weight is 829 g/mol. The molecule has 0 bridgehead atoms. The minimum Gasteiger partial charge on any atom is -0.462 e. The Morgan fingerprint density at radius 3 is 1.56 bits per heavy atom. The molecule has 0 aromatic carbocycles. The number of allylic oxidation sites excluding steroid dienone is 14. The second-order valence-corrected chi connectivity index (χ2v) is 15.1. The van der Waals surface area contributed by atoms with Crippen LogP contribution in [0.15, 0.2) is 85.1 Å². The quantitative estimate of drug-likeness (QED) is 0.0273. The van der Waals surface area contributed by atoms with Crippen LogP contribution in [0.2, 0.25) is 0 Å². The van der Waals surface area contributed by atoms with E-state index in [0.717, 1.165) is 64.2 Å². The fraction of sp³-hybridized carbons (Fsp3) is 0.673. The second kappa shape index (κ2) is 39.0. The molecule has 4 N–H and O–H groups in total. The van der Waals surface area contributed by atoms with Gasteiger partial charge in [-0.2, -0.15) is 0 Å². The number of esters is 2. The molecule has 0 spiro atoms. The third-order valence-electron chi connectivity index (χ3n) is 9.76. The summed E-state index contributed by atoms with van der Waals surface area (Å²) in [6, 6.07) is 0. The van der Waals surface area contributed by atoms with E-state index in [4.69, 9.17) is 18.9 Å². The molecule has 6 atom stereocenters. The van der Waals surface area contributed by atoms with E-state index >= 15 is 0 Å². The van der Waals surface area contributed by atoms with Crippen molar-refractivity contribution in [2.45, 2.75) is 192 Å². The van der Waals surface area contributed by atoms with Gasteiger partial charge in [-0.25, -0.2) is 0 Å². The molecule has 0 aromatic heterocycles.